The Morgan fingerprint density at radius 1 is 1.09 bits per heavy atom. The van der Waals surface area contributed by atoms with Crippen LogP contribution in [-0.4, -0.2) is 65.6 Å². The van der Waals surface area contributed by atoms with Gasteiger partial charge in [0, 0.05) is 36.8 Å². The Bertz CT molecular complexity index is 1380. The Labute approximate surface area is 250 Å². The third-order valence-corrected chi connectivity index (χ3v) is 7.63. The van der Waals surface area contributed by atoms with Gasteiger partial charge in [0.15, 0.2) is 0 Å². The van der Waals surface area contributed by atoms with Gasteiger partial charge >= 0.3 is 6.18 Å². The van der Waals surface area contributed by atoms with Crippen LogP contribution >= 0.6 is 0 Å². The number of halogens is 3. The summed E-state index contributed by atoms with van der Waals surface area (Å²) in [5.74, 6) is 0.0371. The first kappa shape index (κ1) is 32.0. The Morgan fingerprint density at radius 3 is 2.44 bits per heavy atom. The fourth-order valence-corrected chi connectivity index (χ4v) is 5.19. The number of fused-ring (bicyclic) bond motifs is 1. The molecule has 1 aliphatic rings. The molecule has 4 rings (SSSR count). The van der Waals surface area contributed by atoms with Gasteiger partial charge in [-0.15, -0.1) is 0 Å². The highest BCUT2D eigenvalue weighted by atomic mass is 19.4. The number of nitrogens with zero attached hydrogens (tertiary/aromatic N) is 2. The van der Waals surface area contributed by atoms with E-state index in [0.29, 0.717) is 36.6 Å². The van der Waals surface area contributed by atoms with Crippen molar-refractivity contribution in [3.63, 3.8) is 0 Å². The Morgan fingerprint density at radius 2 is 1.79 bits per heavy atom. The Kier molecular flexibility index (Phi) is 10.5. The van der Waals surface area contributed by atoms with Gasteiger partial charge in [-0.3, -0.25) is 14.5 Å². The predicted molar refractivity (Wildman–Crippen MR) is 159 cm³/mol. The van der Waals surface area contributed by atoms with E-state index < -0.39 is 17.8 Å². The molecule has 0 fully saturated rings. The number of amides is 2. The van der Waals surface area contributed by atoms with Crippen LogP contribution in [0.3, 0.4) is 0 Å². The molecule has 3 aromatic rings. The molecule has 7 nitrogen and oxygen atoms in total. The average Bonchev–Trinajstić information content (AvgIpc) is 3.00. The van der Waals surface area contributed by atoms with Gasteiger partial charge in [0.1, 0.15) is 11.9 Å². The number of ether oxygens (including phenoxy) is 1. The number of benzene rings is 3. The van der Waals surface area contributed by atoms with E-state index in [-0.39, 0.29) is 43.3 Å². The van der Waals surface area contributed by atoms with Crippen molar-refractivity contribution >= 4 is 17.5 Å². The van der Waals surface area contributed by atoms with Crippen molar-refractivity contribution < 1.29 is 32.6 Å². The first-order chi connectivity index (χ1) is 20.4. The second kappa shape index (κ2) is 14.1. The molecule has 1 aliphatic heterocycles. The molecular formula is C33H38F3N3O4. The van der Waals surface area contributed by atoms with Crippen molar-refractivity contribution in [2.24, 2.45) is 5.92 Å². The largest absolute Gasteiger partial charge is 0.488 e. The smallest absolute Gasteiger partial charge is 0.416 e. The molecule has 2 N–H and O–H groups in total. The first-order valence-corrected chi connectivity index (χ1v) is 14.3. The minimum absolute atomic E-state index is 0.0307. The first-order valence-electron chi connectivity index (χ1n) is 14.3. The van der Waals surface area contributed by atoms with Crippen molar-refractivity contribution in [3.05, 3.63) is 95.1 Å². The van der Waals surface area contributed by atoms with Gasteiger partial charge in [-0.1, -0.05) is 49.4 Å². The molecule has 0 saturated carbocycles. The number of alkyl halides is 3. The van der Waals surface area contributed by atoms with Crippen LogP contribution in [0.25, 0.3) is 0 Å². The number of nitrogens with one attached hydrogen (secondary N) is 1. The standard InChI is InChI=1S/C33H38F3N3O4/c1-22-18-39(23(2)21-40)32(42)17-26-16-28(37-31(41)15-24-7-5-4-6-8-24)13-14-29(26)43-30(22)20-38(3)19-25-9-11-27(12-10-25)33(34,35)36/h4-14,16,22-23,30,40H,15,17-21H2,1-3H3,(H,37,41)/t22-,23+,30+/m0/s1. The zero-order valence-electron chi connectivity index (χ0n) is 24.6. The molecule has 3 atom stereocenters. The van der Waals surface area contributed by atoms with Gasteiger partial charge in [-0.2, -0.15) is 13.2 Å². The van der Waals surface area contributed by atoms with Crippen LogP contribution in [0.2, 0.25) is 0 Å². The maximum absolute atomic E-state index is 13.5. The van der Waals surface area contributed by atoms with Gasteiger partial charge in [0.2, 0.25) is 11.8 Å². The fraction of sp³-hybridized carbons (Fsp3) is 0.394. The van der Waals surface area contributed by atoms with Gasteiger partial charge in [0.05, 0.1) is 31.1 Å². The number of anilines is 1. The maximum atomic E-state index is 13.5. The third-order valence-electron chi connectivity index (χ3n) is 7.63. The number of aliphatic hydroxyl groups is 1. The number of hydrogen-bond donors (Lipinski definition) is 2. The highest BCUT2D eigenvalue weighted by molar-refractivity contribution is 5.92. The van der Waals surface area contributed by atoms with Crippen molar-refractivity contribution in [3.8, 4) is 5.75 Å². The van der Waals surface area contributed by atoms with Gasteiger partial charge in [-0.05, 0) is 55.4 Å². The van der Waals surface area contributed by atoms with Crippen LogP contribution < -0.4 is 10.1 Å². The van der Waals surface area contributed by atoms with Gasteiger partial charge in [0.25, 0.3) is 0 Å². The molecule has 0 aromatic heterocycles. The molecule has 0 spiro atoms. The predicted octanol–water partition coefficient (Wildman–Crippen LogP) is 5.17. The van der Waals surface area contributed by atoms with Crippen molar-refractivity contribution in [2.45, 2.75) is 51.6 Å². The molecule has 1 heterocycles. The monoisotopic (exact) mass is 597 g/mol. The zero-order chi connectivity index (χ0) is 31.1. The summed E-state index contributed by atoms with van der Waals surface area (Å²) in [4.78, 5) is 29.8. The second-order valence-corrected chi connectivity index (χ2v) is 11.3. The van der Waals surface area contributed by atoms with Crippen LogP contribution in [0.15, 0.2) is 72.8 Å². The van der Waals surface area contributed by atoms with E-state index in [1.165, 1.54) is 12.1 Å². The minimum Gasteiger partial charge on any atom is -0.488 e. The quantitative estimate of drug-likeness (QED) is 0.356. The topological polar surface area (TPSA) is 82.1 Å². The van der Waals surface area contributed by atoms with E-state index in [4.69, 9.17) is 4.74 Å². The van der Waals surface area contributed by atoms with Crippen molar-refractivity contribution in [1.29, 1.82) is 0 Å². The van der Waals surface area contributed by atoms with E-state index in [9.17, 15) is 27.9 Å². The van der Waals surface area contributed by atoms with Gasteiger partial charge in [-0.25, -0.2) is 0 Å². The van der Waals surface area contributed by atoms with Crippen LogP contribution in [0.1, 0.15) is 36.1 Å². The second-order valence-electron chi connectivity index (χ2n) is 11.3. The summed E-state index contributed by atoms with van der Waals surface area (Å²) in [5, 5.41) is 12.8. The molecule has 0 bridgehead atoms. The lowest BCUT2D eigenvalue weighted by molar-refractivity contribution is -0.137. The molecular weight excluding hydrogens is 559 g/mol. The summed E-state index contributed by atoms with van der Waals surface area (Å²) >= 11 is 0. The van der Waals surface area contributed by atoms with E-state index >= 15 is 0 Å². The fourth-order valence-electron chi connectivity index (χ4n) is 5.19. The van der Waals surface area contributed by atoms with Crippen LogP contribution in [-0.2, 0) is 35.2 Å². The van der Waals surface area contributed by atoms with Crippen LogP contribution in [0.5, 0.6) is 5.75 Å². The minimum atomic E-state index is -4.39. The highest BCUT2D eigenvalue weighted by Crippen LogP contribution is 2.31. The van der Waals surface area contributed by atoms with Crippen LogP contribution in [0.4, 0.5) is 18.9 Å². The zero-order valence-corrected chi connectivity index (χ0v) is 24.6. The molecule has 3 aromatic carbocycles. The maximum Gasteiger partial charge on any atom is 0.416 e. The molecule has 10 heteroatoms. The molecule has 0 radical (unpaired) electrons. The molecule has 2 amide bonds. The lowest BCUT2D eigenvalue weighted by Crippen LogP contribution is -2.47. The number of carbonyl (C=O) groups is 2. The number of rotatable bonds is 9. The van der Waals surface area contributed by atoms with E-state index in [1.54, 1.807) is 30.0 Å². The molecule has 0 aliphatic carbocycles. The van der Waals surface area contributed by atoms with E-state index in [0.717, 1.165) is 23.3 Å². The van der Waals surface area contributed by atoms with E-state index in [1.807, 2.05) is 49.2 Å². The number of aliphatic hydroxyl groups excluding tert-OH is 1. The Balaban J connectivity index is 1.54. The molecule has 0 unspecified atom stereocenters. The normalized spacial score (nSPS) is 18.2. The summed E-state index contributed by atoms with van der Waals surface area (Å²) in [7, 11) is 1.87. The summed E-state index contributed by atoms with van der Waals surface area (Å²) in [5.41, 5.74) is 2.07. The number of hydrogen-bond acceptors (Lipinski definition) is 5. The van der Waals surface area contributed by atoms with Gasteiger partial charge < -0.3 is 20.1 Å². The summed E-state index contributed by atoms with van der Waals surface area (Å²) in [6.45, 7) is 4.76. The Hall–Kier alpha value is -3.89. The highest BCUT2D eigenvalue weighted by Gasteiger charge is 2.32. The average molecular weight is 598 g/mol. The number of carbonyl (C=O) groups excluding carboxylic acids is 2. The third kappa shape index (κ3) is 8.81. The summed E-state index contributed by atoms with van der Waals surface area (Å²) < 4.78 is 45.5. The van der Waals surface area contributed by atoms with E-state index in [2.05, 4.69) is 5.32 Å². The lowest BCUT2D eigenvalue weighted by Gasteiger charge is -2.34. The number of likely N-dealkylation sites (N-methyl/N-ethyl adjacent to an activating group) is 1. The molecule has 0 saturated heterocycles. The molecule has 230 valence electrons. The van der Waals surface area contributed by atoms with Crippen LogP contribution in [0, 0.1) is 5.92 Å². The lowest BCUT2D eigenvalue weighted by atomic mass is 10.0. The summed E-state index contributed by atoms with van der Waals surface area (Å²) in [6, 6.07) is 19.3. The SMILES string of the molecule is C[C@H](CO)N1C[C@H](C)[C@@H](CN(C)Cc2ccc(C(F)(F)F)cc2)Oc2ccc(NC(=O)Cc3ccccc3)cc2CC1=O. The van der Waals surface area contributed by atoms with Crippen molar-refractivity contribution in [1.82, 2.24) is 9.80 Å². The van der Waals surface area contributed by atoms with Crippen molar-refractivity contribution in [2.75, 3.05) is 32.1 Å². The molecule has 43 heavy (non-hydrogen) atoms. The summed E-state index contributed by atoms with van der Waals surface area (Å²) in [6.07, 6.45) is -4.53.